The molecule has 3 fully saturated rings. The van der Waals surface area contributed by atoms with Gasteiger partial charge in [0.05, 0.1) is 12.2 Å². The van der Waals surface area contributed by atoms with Gasteiger partial charge in [0.1, 0.15) is 7.85 Å². The first-order chi connectivity index (χ1) is 14.3. The molecule has 4 aliphatic rings. The molecule has 4 aliphatic carbocycles. The van der Waals surface area contributed by atoms with Crippen LogP contribution in [0, 0.1) is 22.7 Å². The number of ether oxygens (including phenoxy) is 1. The summed E-state index contributed by atoms with van der Waals surface area (Å²) >= 11 is 0. The van der Waals surface area contributed by atoms with Crippen LogP contribution in [0.15, 0.2) is 23.8 Å². The number of Topliss-reactive ketones (excluding diaryl/α,β-unsaturated/α-hetero) is 1. The van der Waals surface area contributed by atoms with Gasteiger partial charge < -0.3 is 20.1 Å². The van der Waals surface area contributed by atoms with E-state index in [0.717, 1.165) is 5.57 Å². The molecule has 7 nitrogen and oxygen atoms in total. The van der Waals surface area contributed by atoms with Crippen LogP contribution in [-0.4, -0.2) is 65.1 Å². The number of ketones is 2. The number of esters is 1. The molecular formula is C23H31BO7. The first-order valence-corrected chi connectivity index (χ1v) is 11.0. The van der Waals surface area contributed by atoms with E-state index < -0.39 is 52.3 Å². The average Bonchev–Trinajstić information content (AvgIpc) is 2.89. The van der Waals surface area contributed by atoms with Gasteiger partial charge in [0.25, 0.3) is 0 Å². The summed E-state index contributed by atoms with van der Waals surface area (Å²) in [5.74, 6) is -1.72. The Morgan fingerprint density at radius 2 is 1.90 bits per heavy atom. The van der Waals surface area contributed by atoms with Crippen molar-refractivity contribution in [1.29, 1.82) is 0 Å². The molecule has 8 atom stereocenters. The van der Waals surface area contributed by atoms with Crippen LogP contribution in [-0.2, 0) is 19.1 Å². The molecule has 4 rings (SSSR count). The highest BCUT2D eigenvalue weighted by atomic mass is 16.5. The van der Waals surface area contributed by atoms with E-state index in [2.05, 4.69) is 0 Å². The van der Waals surface area contributed by atoms with E-state index in [0.29, 0.717) is 12.8 Å². The average molecular weight is 430 g/mol. The Balaban J connectivity index is 1.76. The Kier molecular flexibility index (Phi) is 4.97. The Bertz CT molecular complexity index is 912. The first-order valence-electron chi connectivity index (χ1n) is 11.0. The van der Waals surface area contributed by atoms with E-state index in [1.165, 1.54) is 6.92 Å². The maximum absolute atomic E-state index is 13.0. The lowest BCUT2D eigenvalue weighted by atomic mass is 9.33. The highest BCUT2D eigenvalue weighted by Crippen LogP contribution is 2.74. The van der Waals surface area contributed by atoms with Gasteiger partial charge in [-0.3, -0.25) is 14.4 Å². The Morgan fingerprint density at radius 1 is 1.23 bits per heavy atom. The fourth-order valence-electron chi connectivity index (χ4n) is 7.44. The van der Waals surface area contributed by atoms with Crippen LogP contribution < -0.4 is 0 Å². The lowest BCUT2D eigenvalue weighted by Crippen LogP contribution is -2.65. The van der Waals surface area contributed by atoms with Gasteiger partial charge in [-0.1, -0.05) is 25.5 Å². The van der Waals surface area contributed by atoms with Crippen molar-refractivity contribution in [2.75, 3.05) is 6.61 Å². The van der Waals surface area contributed by atoms with Crippen molar-refractivity contribution in [2.24, 2.45) is 22.7 Å². The molecule has 0 heterocycles. The number of rotatable bonds is 3. The molecule has 0 unspecified atom stereocenters. The van der Waals surface area contributed by atoms with Gasteiger partial charge in [-0.25, -0.2) is 0 Å². The van der Waals surface area contributed by atoms with Gasteiger partial charge in [0, 0.05) is 17.8 Å². The normalized spacial score (nSPS) is 48.3. The smallest absolute Gasteiger partial charge is 0.303 e. The largest absolute Gasteiger partial charge is 0.458 e. The summed E-state index contributed by atoms with van der Waals surface area (Å²) in [7, 11) is 2.03. The predicted octanol–water partition coefficient (Wildman–Crippen LogP) is 0.275. The van der Waals surface area contributed by atoms with E-state index >= 15 is 0 Å². The summed E-state index contributed by atoms with van der Waals surface area (Å²) in [5.41, 5.74) is -2.71. The molecule has 0 aromatic carbocycles. The number of allylic oxidation sites excluding steroid dienone is 4. The number of carbonyl (C=O) groups excluding carboxylic acids is 3. The number of hydrogen-bond acceptors (Lipinski definition) is 7. The van der Waals surface area contributed by atoms with Crippen LogP contribution in [0.2, 0.25) is 5.31 Å². The minimum atomic E-state index is -2.11. The van der Waals surface area contributed by atoms with E-state index in [4.69, 9.17) is 4.74 Å². The minimum Gasteiger partial charge on any atom is -0.458 e. The van der Waals surface area contributed by atoms with Crippen LogP contribution >= 0.6 is 0 Å². The lowest BCUT2D eigenvalue weighted by Gasteiger charge is -2.65. The van der Waals surface area contributed by atoms with Gasteiger partial charge in [-0.2, -0.15) is 0 Å². The molecule has 0 radical (unpaired) electrons. The number of carbonyl (C=O) groups is 3. The molecule has 31 heavy (non-hydrogen) atoms. The van der Waals surface area contributed by atoms with Crippen LogP contribution in [0.5, 0.6) is 0 Å². The zero-order valence-electron chi connectivity index (χ0n) is 18.6. The first kappa shape index (κ1) is 22.4. The van der Waals surface area contributed by atoms with Crippen molar-refractivity contribution in [3.63, 3.8) is 0 Å². The van der Waals surface area contributed by atoms with Gasteiger partial charge in [0.15, 0.2) is 18.0 Å². The molecule has 0 aromatic heterocycles. The van der Waals surface area contributed by atoms with Crippen molar-refractivity contribution >= 4 is 25.4 Å². The lowest BCUT2D eigenvalue weighted by molar-refractivity contribution is -0.189. The second-order valence-corrected chi connectivity index (χ2v) is 10.5. The Labute approximate surface area is 182 Å². The van der Waals surface area contributed by atoms with E-state index in [-0.39, 0.29) is 30.5 Å². The second-order valence-electron chi connectivity index (χ2n) is 10.5. The fourth-order valence-corrected chi connectivity index (χ4v) is 7.44. The van der Waals surface area contributed by atoms with Crippen LogP contribution in [0.1, 0.15) is 46.5 Å². The molecule has 0 spiro atoms. The standard InChI is InChI=1S/C23H31BO7/c1-12(25)31-11-19(29)23(30)17(27)9-16-15-5-4-13-8-14(26)6-7-20(13,2)22(15,24)18(28)10-21(16,23)3/h6-8,15-18,27-28,30H,4-5,9-11,24H2,1-3H3/t15-,16-,17+,18-,20-,21-,22-,23-/m0/s1. The van der Waals surface area contributed by atoms with Crippen LogP contribution in [0.25, 0.3) is 0 Å². The maximum atomic E-state index is 13.0. The minimum absolute atomic E-state index is 0.0496. The van der Waals surface area contributed by atoms with Gasteiger partial charge in [-0.15, -0.1) is 0 Å². The molecule has 3 saturated carbocycles. The molecule has 0 amide bonds. The molecule has 3 N–H and O–H groups in total. The summed E-state index contributed by atoms with van der Waals surface area (Å²) < 4.78 is 4.83. The maximum Gasteiger partial charge on any atom is 0.303 e. The van der Waals surface area contributed by atoms with Crippen LogP contribution in [0.4, 0.5) is 0 Å². The quantitative estimate of drug-likeness (QED) is 0.434. The molecule has 0 saturated heterocycles. The third kappa shape index (κ3) is 2.67. The summed E-state index contributed by atoms with van der Waals surface area (Å²) in [6.07, 6.45) is 4.66. The molecule has 8 heteroatoms. The van der Waals surface area contributed by atoms with Crippen molar-refractivity contribution in [3.05, 3.63) is 23.8 Å². The molecule has 168 valence electrons. The van der Waals surface area contributed by atoms with E-state index in [1.54, 1.807) is 19.1 Å². The Morgan fingerprint density at radius 3 is 2.55 bits per heavy atom. The van der Waals surface area contributed by atoms with Crippen molar-refractivity contribution < 1.29 is 34.4 Å². The number of fused-ring (bicyclic) bond motifs is 5. The van der Waals surface area contributed by atoms with Gasteiger partial charge in [0.2, 0.25) is 5.78 Å². The molecule has 0 bridgehead atoms. The fraction of sp³-hybridized carbons (Fsp3) is 0.696. The van der Waals surface area contributed by atoms with Gasteiger partial charge in [-0.05, 0) is 55.0 Å². The van der Waals surface area contributed by atoms with Crippen LogP contribution in [0.3, 0.4) is 0 Å². The number of aliphatic hydroxyl groups is 3. The summed E-state index contributed by atoms with van der Waals surface area (Å²) in [5, 5.41) is 33.4. The summed E-state index contributed by atoms with van der Waals surface area (Å²) in [6, 6.07) is 0. The van der Waals surface area contributed by atoms with E-state index in [9.17, 15) is 29.7 Å². The number of hydrogen-bond donors (Lipinski definition) is 3. The molecule has 0 aromatic rings. The van der Waals surface area contributed by atoms with Crippen molar-refractivity contribution in [3.8, 4) is 0 Å². The predicted molar refractivity (Wildman–Crippen MR) is 114 cm³/mol. The number of aliphatic hydroxyl groups excluding tert-OH is 2. The van der Waals surface area contributed by atoms with Gasteiger partial charge >= 0.3 is 5.97 Å². The second kappa shape index (κ2) is 6.86. The third-order valence-electron chi connectivity index (χ3n) is 9.45. The molecule has 0 aliphatic heterocycles. The summed E-state index contributed by atoms with van der Waals surface area (Å²) in [4.78, 5) is 36.2. The third-order valence-corrected chi connectivity index (χ3v) is 9.45. The topological polar surface area (TPSA) is 121 Å². The van der Waals surface area contributed by atoms with E-state index in [1.807, 2.05) is 20.8 Å². The Hall–Kier alpha value is -1.77. The highest BCUT2D eigenvalue weighted by molar-refractivity contribution is 6.18. The van der Waals surface area contributed by atoms with Crippen molar-refractivity contribution in [1.82, 2.24) is 0 Å². The molecular weight excluding hydrogens is 399 g/mol. The zero-order chi connectivity index (χ0) is 23.0. The monoisotopic (exact) mass is 430 g/mol. The van der Waals surface area contributed by atoms with Crippen molar-refractivity contribution in [2.45, 2.75) is 69.6 Å². The summed E-state index contributed by atoms with van der Waals surface area (Å²) in [6.45, 7) is 4.37. The highest BCUT2D eigenvalue weighted by Gasteiger charge is 2.74. The SMILES string of the molecule is B[C@]12[C@@H](O)C[C@@]3(C)[C@@H](C[C@@H](O)[C@]3(O)C(=O)COC(C)=O)[C@@H]1CCC1=CC(=O)C=C[C@@]12C. The zero-order valence-corrected chi connectivity index (χ0v) is 18.6.